The molecule has 1 heteroatoms. The van der Waals surface area contributed by atoms with Crippen LogP contribution in [0.1, 0.15) is 0 Å². The molecule has 11 aromatic rings. The molecule has 0 saturated heterocycles. The van der Waals surface area contributed by atoms with E-state index in [0.717, 1.165) is 0 Å². The standard InChI is InChI=1S/C53H36Si/c1-54(49-31-27-38-22-21-36-12-8-13-37-26-30-48(49)53(38)50(36)37)43-28-24-35(25-29-43)40-14-9-15-41(32-40)51-44-16-4-6-18-46(44)52(47-19-7-5-17-45(47)51)42-23-20-34-10-2-3-11-39(34)33-42/h2-33,54H,1H3. The van der Waals surface area contributed by atoms with Gasteiger partial charge in [0.05, 0.1) is 0 Å². The van der Waals surface area contributed by atoms with Crippen molar-refractivity contribution in [3.05, 3.63) is 194 Å². The normalized spacial score (nSPS) is 12.5. The molecule has 0 heterocycles. The van der Waals surface area contributed by atoms with Crippen molar-refractivity contribution in [3.63, 3.8) is 0 Å². The van der Waals surface area contributed by atoms with Crippen LogP contribution in [-0.2, 0) is 0 Å². The fourth-order valence-corrected chi connectivity index (χ4v) is 11.4. The summed E-state index contributed by atoms with van der Waals surface area (Å²) < 4.78 is 0. The monoisotopic (exact) mass is 700 g/mol. The Labute approximate surface area is 316 Å². The zero-order valence-corrected chi connectivity index (χ0v) is 31.2. The van der Waals surface area contributed by atoms with Crippen LogP contribution in [-0.4, -0.2) is 8.80 Å². The van der Waals surface area contributed by atoms with E-state index in [-0.39, 0.29) is 0 Å². The summed E-state index contributed by atoms with van der Waals surface area (Å²) in [7, 11) is -1.46. The average Bonchev–Trinajstić information content (AvgIpc) is 3.24. The van der Waals surface area contributed by atoms with Crippen LogP contribution in [0, 0.1) is 0 Å². The van der Waals surface area contributed by atoms with Crippen molar-refractivity contribution >= 4 is 83.8 Å². The number of rotatable bonds is 5. The highest BCUT2D eigenvalue weighted by Crippen LogP contribution is 2.44. The van der Waals surface area contributed by atoms with Gasteiger partial charge in [-0.05, 0) is 110 Å². The van der Waals surface area contributed by atoms with Gasteiger partial charge in [-0.2, -0.15) is 0 Å². The quantitative estimate of drug-likeness (QED) is 0.0952. The highest BCUT2D eigenvalue weighted by atomic mass is 28.3. The predicted molar refractivity (Wildman–Crippen MR) is 238 cm³/mol. The number of benzene rings is 11. The molecule has 0 aliphatic carbocycles. The molecular formula is C53H36Si. The van der Waals surface area contributed by atoms with Crippen LogP contribution in [0.5, 0.6) is 0 Å². The second-order valence-corrected chi connectivity index (χ2v) is 17.6. The first-order chi connectivity index (χ1) is 26.7. The second kappa shape index (κ2) is 12.3. The number of fused-ring (bicyclic) bond motifs is 3. The summed E-state index contributed by atoms with van der Waals surface area (Å²) in [5.74, 6) is 0. The molecule has 0 nitrogen and oxygen atoms in total. The largest absolute Gasteiger partial charge is 0.100 e. The van der Waals surface area contributed by atoms with Crippen LogP contribution in [0.25, 0.3) is 98.0 Å². The van der Waals surface area contributed by atoms with E-state index in [4.69, 9.17) is 0 Å². The summed E-state index contributed by atoms with van der Waals surface area (Å²) in [6, 6.07) is 72.7. The van der Waals surface area contributed by atoms with Gasteiger partial charge in [0.25, 0.3) is 0 Å². The average molecular weight is 701 g/mol. The topological polar surface area (TPSA) is 0 Å². The van der Waals surface area contributed by atoms with Gasteiger partial charge < -0.3 is 0 Å². The summed E-state index contributed by atoms with van der Waals surface area (Å²) in [6.45, 7) is 2.49. The van der Waals surface area contributed by atoms with Crippen molar-refractivity contribution in [2.24, 2.45) is 0 Å². The third-order valence-electron chi connectivity index (χ3n) is 11.9. The van der Waals surface area contributed by atoms with Gasteiger partial charge >= 0.3 is 0 Å². The molecular weight excluding hydrogens is 665 g/mol. The molecule has 0 aliphatic rings. The number of hydrogen-bond acceptors (Lipinski definition) is 0. The van der Waals surface area contributed by atoms with Crippen molar-refractivity contribution in [3.8, 4) is 33.4 Å². The molecule has 0 bridgehead atoms. The van der Waals surface area contributed by atoms with E-state index in [1.54, 1.807) is 0 Å². The Bertz CT molecular complexity index is 3150. The molecule has 1 unspecified atom stereocenters. The Morgan fingerprint density at radius 1 is 0.296 bits per heavy atom. The highest BCUT2D eigenvalue weighted by molar-refractivity contribution is 6.86. The van der Waals surface area contributed by atoms with Gasteiger partial charge in [0.15, 0.2) is 0 Å². The first-order valence-corrected chi connectivity index (χ1v) is 21.3. The molecule has 0 spiro atoms. The smallest absolute Gasteiger partial charge is 0.0641 e. The van der Waals surface area contributed by atoms with Crippen molar-refractivity contribution in [2.45, 2.75) is 6.55 Å². The molecule has 0 N–H and O–H groups in total. The SMILES string of the molecule is C[SiH](c1ccc(-c2cccc(-c3c4ccccc4c(-c4ccc5ccccc5c4)c4ccccc34)c2)cc1)c1ccc2ccc3cccc4ccc1c2c34. The molecule has 0 saturated carbocycles. The molecule has 0 aromatic heterocycles. The first-order valence-electron chi connectivity index (χ1n) is 19.0. The van der Waals surface area contributed by atoms with Gasteiger partial charge in [-0.3, -0.25) is 0 Å². The Balaban J connectivity index is 0.999. The zero-order valence-electron chi connectivity index (χ0n) is 30.1. The molecule has 11 aromatic carbocycles. The van der Waals surface area contributed by atoms with Crippen molar-refractivity contribution in [1.29, 1.82) is 0 Å². The van der Waals surface area contributed by atoms with Gasteiger partial charge in [-0.25, -0.2) is 0 Å². The van der Waals surface area contributed by atoms with Crippen LogP contribution < -0.4 is 10.4 Å². The third-order valence-corrected chi connectivity index (χ3v) is 14.7. The fraction of sp³-hybridized carbons (Fsp3) is 0.0189. The van der Waals surface area contributed by atoms with Crippen molar-refractivity contribution in [1.82, 2.24) is 0 Å². The molecule has 11 rings (SSSR count). The summed E-state index contributed by atoms with van der Waals surface area (Å²) in [5.41, 5.74) is 7.57. The maximum atomic E-state index is 2.49. The van der Waals surface area contributed by atoms with Crippen LogP contribution in [0.2, 0.25) is 6.55 Å². The summed E-state index contributed by atoms with van der Waals surface area (Å²) in [6.07, 6.45) is 0. The van der Waals surface area contributed by atoms with Gasteiger partial charge in [0.2, 0.25) is 0 Å². The molecule has 1 atom stereocenters. The molecule has 0 aliphatic heterocycles. The van der Waals surface area contributed by atoms with E-state index in [9.17, 15) is 0 Å². The Kier molecular flexibility index (Phi) is 7.05. The minimum absolute atomic E-state index is 1.24. The van der Waals surface area contributed by atoms with Crippen LogP contribution in [0.3, 0.4) is 0 Å². The van der Waals surface area contributed by atoms with Crippen LogP contribution >= 0.6 is 0 Å². The molecule has 0 radical (unpaired) electrons. The minimum atomic E-state index is -1.46. The lowest BCUT2D eigenvalue weighted by Crippen LogP contribution is -2.39. The number of hydrogen-bond donors (Lipinski definition) is 0. The summed E-state index contributed by atoms with van der Waals surface area (Å²) in [5, 5.41) is 18.8. The third kappa shape index (κ3) is 4.82. The Hall–Kier alpha value is -6.54. The van der Waals surface area contributed by atoms with Crippen LogP contribution in [0.4, 0.5) is 0 Å². The second-order valence-electron chi connectivity index (χ2n) is 14.8. The lowest BCUT2D eigenvalue weighted by Gasteiger charge is -2.19. The molecule has 0 amide bonds. The van der Waals surface area contributed by atoms with Crippen LogP contribution in [0.15, 0.2) is 194 Å². The predicted octanol–water partition coefficient (Wildman–Crippen LogP) is 13.0. The van der Waals surface area contributed by atoms with Gasteiger partial charge in [0, 0.05) is 0 Å². The fourth-order valence-electron chi connectivity index (χ4n) is 9.23. The van der Waals surface area contributed by atoms with Gasteiger partial charge in [-0.1, -0.05) is 199 Å². The van der Waals surface area contributed by atoms with E-state index in [1.807, 2.05) is 0 Å². The zero-order chi connectivity index (χ0) is 35.8. The highest BCUT2D eigenvalue weighted by Gasteiger charge is 2.19. The van der Waals surface area contributed by atoms with E-state index in [2.05, 4.69) is 201 Å². The minimum Gasteiger partial charge on any atom is -0.0641 e. The summed E-state index contributed by atoms with van der Waals surface area (Å²) >= 11 is 0. The Morgan fingerprint density at radius 3 is 1.46 bits per heavy atom. The van der Waals surface area contributed by atoms with E-state index >= 15 is 0 Å². The van der Waals surface area contributed by atoms with E-state index in [1.165, 1.54) is 108 Å². The van der Waals surface area contributed by atoms with Gasteiger partial charge in [-0.15, -0.1) is 0 Å². The molecule has 54 heavy (non-hydrogen) atoms. The van der Waals surface area contributed by atoms with Crippen molar-refractivity contribution in [2.75, 3.05) is 0 Å². The maximum Gasteiger partial charge on any atom is 0.100 e. The first kappa shape index (κ1) is 31.0. The maximum absolute atomic E-state index is 2.49. The molecule has 252 valence electrons. The lowest BCUT2D eigenvalue weighted by atomic mass is 9.85. The van der Waals surface area contributed by atoms with Crippen molar-refractivity contribution < 1.29 is 0 Å². The molecule has 0 fully saturated rings. The van der Waals surface area contributed by atoms with E-state index < -0.39 is 8.80 Å². The summed E-state index contributed by atoms with van der Waals surface area (Å²) in [4.78, 5) is 0. The van der Waals surface area contributed by atoms with Gasteiger partial charge in [0.1, 0.15) is 8.80 Å². The van der Waals surface area contributed by atoms with E-state index in [0.29, 0.717) is 0 Å². The Morgan fingerprint density at radius 2 is 0.778 bits per heavy atom. The lowest BCUT2D eigenvalue weighted by molar-refractivity contribution is 1.62.